The van der Waals surface area contributed by atoms with Crippen LogP contribution in [0.15, 0.2) is 54.7 Å². The lowest BCUT2D eigenvalue weighted by molar-refractivity contribution is 0.0952. The van der Waals surface area contributed by atoms with Crippen LogP contribution < -0.4 is 5.32 Å². The van der Waals surface area contributed by atoms with Crippen LogP contribution in [0.1, 0.15) is 34.3 Å². The third kappa shape index (κ3) is 3.37. The predicted octanol–water partition coefficient (Wildman–Crippen LogP) is 3.70. The summed E-state index contributed by atoms with van der Waals surface area (Å²) in [7, 11) is 1.98. The molecule has 26 heavy (non-hydrogen) atoms. The van der Waals surface area contributed by atoms with Gasteiger partial charge in [-0.2, -0.15) is 0 Å². The number of aryl methyl sites for hydroxylation is 1. The molecule has 1 amide bonds. The number of hydrogen-bond donors (Lipinski definition) is 1. The summed E-state index contributed by atoms with van der Waals surface area (Å²) < 4.78 is 2.01. The van der Waals surface area contributed by atoms with Gasteiger partial charge in [0.05, 0.1) is 5.56 Å². The smallest absolute Gasteiger partial charge is 0.253 e. The molecule has 4 heteroatoms. The van der Waals surface area contributed by atoms with Gasteiger partial charge >= 0.3 is 0 Å². The van der Waals surface area contributed by atoms with E-state index in [1.807, 2.05) is 48.1 Å². The fraction of sp³-hybridized carbons (Fsp3) is 0.318. The molecule has 1 N–H and O–H groups in total. The number of aromatic nitrogens is 1. The van der Waals surface area contributed by atoms with Crippen molar-refractivity contribution in [1.82, 2.24) is 14.8 Å². The van der Waals surface area contributed by atoms with Gasteiger partial charge in [0, 0.05) is 37.2 Å². The molecule has 0 saturated carbocycles. The fourth-order valence-corrected chi connectivity index (χ4v) is 3.86. The Morgan fingerprint density at radius 1 is 1.00 bits per heavy atom. The molecule has 1 fully saturated rings. The van der Waals surface area contributed by atoms with Gasteiger partial charge in [-0.05, 0) is 43.1 Å². The third-order valence-electron chi connectivity index (χ3n) is 5.29. The van der Waals surface area contributed by atoms with E-state index in [1.165, 1.54) is 37.1 Å². The molecule has 4 nitrogen and oxygen atoms in total. The Bertz CT molecular complexity index is 922. The molecule has 0 unspecified atom stereocenters. The van der Waals surface area contributed by atoms with Gasteiger partial charge in [-0.15, -0.1) is 0 Å². The van der Waals surface area contributed by atoms with Crippen LogP contribution in [-0.2, 0) is 20.1 Å². The normalized spacial score (nSPS) is 14.8. The van der Waals surface area contributed by atoms with Gasteiger partial charge in [0.25, 0.3) is 5.91 Å². The molecule has 1 aromatic heterocycles. The van der Waals surface area contributed by atoms with Crippen molar-refractivity contribution >= 4 is 16.8 Å². The monoisotopic (exact) mass is 347 g/mol. The predicted molar refractivity (Wildman–Crippen MR) is 105 cm³/mol. The van der Waals surface area contributed by atoms with Crippen LogP contribution in [0.2, 0.25) is 0 Å². The van der Waals surface area contributed by atoms with Crippen LogP contribution in [0, 0.1) is 0 Å². The molecule has 1 aliphatic rings. The molecule has 2 heterocycles. The summed E-state index contributed by atoms with van der Waals surface area (Å²) >= 11 is 0. The topological polar surface area (TPSA) is 37.3 Å². The number of fused-ring (bicyclic) bond motifs is 1. The van der Waals surface area contributed by atoms with E-state index in [0.29, 0.717) is 6.54 Å². The lowest BCUT2D eigenvalue weighted by atomic mass is 10.1. The van der Waals surface area contributed by atoms with E-state index >= 15 is 0 Å². The van der Waals surface area contributed by atoms with Crippen LogP contribution in [0.3, 0.4) is 0 Å². The van der Waals surface area contributed by atoms with Crippen LogP contribution >= 0.6 is 0 Å². The summed E-state index contributed by atoms with van der Waals surface area (Å²) in [6.07, 6.45) is 4.50. The van der Waals surface area contributed by atoms with Crippen LogP contribution in [0.4, 0.5) is 0 Å². The number of amides is 1. The van der Waals surface area contributed by atoms with E-state index in [2.05, 4.69) is 28.4 Å². The quantitative estimate of drug-likeness (QED) is 0.764. The molecule has 0 spiro atoms. The summed E-state index contributed by atoms with van der Waals surface area (Å²) in [5.41, 5.74) is 4.33. The van der Waals surface area contributed by atoms with Crippen LogP contribution in [0.25, 0.3) is 10.9 Å². The molecule has 1 saturated heterocycles. The standard InChI is InChI=1S/C22H25N3O/c1-24-16-20(19-10-4-5-11-21(19)24)22(26)23-14-17-8-2-3-9-18(17)15-25-12-6-7-13-25/h2-5,8-11,16H,6-7,12-15H2,1H3,(H,23,26). The van der Waals surface area contributed by atoms with Crippen LogP contribution in [0.5, 0.6) is 0 Å². The van der Waals surface area contributed by atoms with Gasteiger partial charge in [0.2, 0.25) is 0 Å². The number of hydrogen-bond acceptors (Lipinski definition) is 2. The third-order valence-corrected chi connectivity index (χ3v) is 5.29. The molecule has 4 rings (SSSR count). The molecular formula is C22H25N3O. The number of rotatable bonds is 5. The maximum atomic E-state index is 12.8. The van der Waals surface area contributed by atoms with Gasteiger partial charge in [-0.3, -0.25) is 9.69 Å². The molecule has 0 radical (unpaired) electrons. The summed E-state index contributed by atoms with van der Waals surface area (Å²) in [4.78, 5) is 15.3. The second kappa shape index (κ2) is 7.34. The highest BCUT2D eigenvalue weighted by Crippen LogP contribution is 2.21. The van der Waals surface area contributed by atoms with Crippen molar-refractivity contribution < 1.29 is 4.79 Å². The lowest BCUT2D eigenvalue weighted by Gasteiger charge is -2.17. The van der Waals surface area contributed by atoms with E-state index in [0.717, 1.165) is 23.0 Å². The van der Waals surface area contributed by atoms with Gasteiger partial charge < -0.3 is 9.88 Å². The minimum atomic E-state index is -0.0159. The molecule has 0 atom stereocenters. The SMILES string of the molecule is Cn1cc(C(=O)NCc2ccccc2CN2CCCC2)c2ccccc21. The second-order valence-corrected chi connectivity index (χ2v) is 7.11. The Morgan fingerprint density at radius 2 is 1.69 bits per heavy atom. The summed E-state index contributed by atoms with van der Waals surface area (Å²) in [6.45, 7) is 3.89. The van der Waals surface area contributed by atoms with E-state index in [-0.39, 0.29) is 5.91 Å². The second-order valence-electron chi connectivity index (χ2n) is 7.11. The fourth-order valence-electron chi connectivity index (χ4n) is 3.86. The van der Waals surface area contributed by atoms with E-state index in [1.54, 1.807) is 0 Å². The zero-order chi connectivity index (χ0) is 17.9. The number of likely N-dealkylation sites (tertiary alicyclic amines) is 1. The van der Waals surface area contributed by atoms with Crippen LogP contribution in [-0.4, -0.2) is 28.5 Å². The van der Waals surface area contributed by atoms with Crippen molar-refractivity contribution in [1.29, 1.82) is 0 Å². The van der Waals surface area contributed by atoms with E-state index < -0.39 is 0 Å². The van der Waals surface area contributed by atoms with Gasteiger partial charge in [0.1, 0.15) is 0 Å². The first-order chi connectivity index (χ1) is 12.7. The first kappa shape index (κ1) is 16.9. The molecule has 2 aromatic carbocycles. The highest BCUT2D eigenvalue weighted by Gasteiger charge is 2.16. The molecule has 134 valence electrons. The van der Waals surface area contributed by atoms with Gasteiger partial charge in [-0.25, -0.2) is 0 Å². The highest BCUT2D eigenvalue weighted by atomic mass is 16.1. The lowest BCUT2D eigenvalue weighted by Crippen LogP contribution is -2.25. The summed E-state index contributed by atoms with van der Waals surface area (Å²) in [5.74, 6) is -0.0159. The largest absolute Gasteiger partial charge is 0.350 e. The average molecular weight is 347 g/mol. The molecule has 1 aliphatic heterocycles. The van der Waals surface area contributed by atoms with Crippen molar-refractivity contribution in [3.63, 3.8) is 0 Å². The number of nitrogens with zero attached hydrogens (tertiary/aromatic N) is 2. The first-order valence-electron chi connectivity index (χ1n) is 9.34. The summed E-state index contributed by atoms with van der Waals surface area (Å²) in [5, 5.41) is 4.11. The summed E-state index contributed by atoms with van der Waals surface area (Å²) in [6, 6.07) is 16.5. The maximum Gasteiger partial charge on any atom is 0.253 e. The molecule has 3 aromatic rings. The van der Waals surface area contributed by atoms with E-state index in [9.17, 15) is 4.79 Å². The van der Waals surface area contributed by atoms with Gasteiger partial charge in [-0.1, -0.05) is 42.5 Å². The van der Waals surface area contributed by atoms with E-state index in [4.69, 9.17) is 0 Å². The minimum Gasteiger partial charge on any atom is -0.350 e. The Labute approximate surface area is 154 Å². The number of carbonyl (C=O) groups excluding carboxylic acids is 1. The maximum absolute atomic E-state index is 12.8. The van der Waals surface area contributed by atoms with Crippen molar-refractivity contribution in [3.8, 4) is 0 Å². The number of para-hydroxylation sites is 1. The van der Waals surface area contributed by atoms with Crippen molar-refractivity contribution in [3.05, 3.63) is 71.4 Å². The Hall–Kier alpha value is -2.59. The number of benzene rings is 2. The Balaban J connectivity index is 1.49. The van der Waals surface area contributed by atoms with Gasteiger partial charge in [0.15, 0.2) is 0 Å². The number of nitrogens with one attached hydrogen (secondary N) is 1. The van der Waals surface area contributed by atoms with Crippen molar-refractivity contribution in [2.24, 2.45) is 7.05 Å². The Morgan fingerprint density at radius 3 is 2.50 bits per heavy atom. The molecule has 0 aliphatic carbocycles. The number of carbonyl (C=O) groups is 1. The van der Waals surface area contributed by atoms with Crippen molar-refractivity contribution in [2.45, 2.75) is 25.9 Å². The average Bonchev–Trinajstić information content (AvgIpc) is 3.29. The Kier molecular flexibility index (Phi) is 4.76. The zero-order valence-electron chi connectivity index (χ0n) is 15.2. The van der Waals surface area contributed by atoms with Crippen molar-refractivity contribution in [2.75, 3.05) is 13.1 Å². The zero-order valence-corrected chi connectivity index (χ0v) is 15.2. The minimum absolute atomic E-state index is 0.0159. The highest BCUT2D eigenvalue weighted by molar-refractivity contribution is 6.06. The molecular weight excluding hydrogens is 322 g/mol. The molecule has 0 bridgehead atoms. The first-order valence-corrected chi connectivity index (χ1v) is 9.34.